The highest BCUT2D eigenvalue weighted by Gasteiger charge is 2.15. The van der Waals surface area contributed by atoms with Gasteiger partial charge in [-0.1, -0.05) is 17.7 Å². The van der Waals surface area contributed by atoms with Crippen LogP contribution < -0.4 is 10.1 Å². The molecular weight excluding hydrogens is 376 g/mol. The first-order chi connectivity index (χ1) is 13.5. The van der Waals surface area contributed by atoms with Crippen LogP contribution in [-0.4, -0.2) is 36.4 Å². The fraction of sp³-hybridized carbons (Fsp3) is 0.364. The van der Waals surface area contributed by atoms with E-state index in [-0.39, 0.29) is 18.4 Å². The summed E-state index contributed by atoms with van der Waals surface area (Å²) in [5.41, 5.74) is 3.81. The molecule has 5 nitrogen and oxygen atoms in total. The molecule has 0 fully saturated rings. The van der Waals surface area contributed by atoms with Crippen LogP contribution in [0.3, 0.4) is 0 Å². The maximum Gasteiger partial charge on any atom is 0.260 e. The van der Waals surface area contributed by atoms with Crippen molar-refractivity contribution < 1.29 is 14.3 Å². The summed E-state index contributed by atoms with van der Waals surface area (Å²) in [5, 5.41) is 3.21. The number of aryl methyl sites for hydroxylation is 2. The van der Waals surface area contributed by atoms with Crippen molar-refractivity contribution in [3.63, 3.8) is 0 Å². The second kappa shape index (κ2) is 9.11. The number of hydrogen-bond donors (Lipinski definition) is 1. The average molecular weight is 401 g/mol. The minimum Gasteiger partial charge on any atom is -0.482 e. The summed E-state index contributed by atoms with van der Waals surface area (Å²) in [6, 6.07) is 10.9. The Bertz CT molecular complexity index is 878. The smallest absolute Gasteiger partial charge is 0.260 e. The van der Waals surface area contributed by atoms with Gasteiger partial charge in [-0.25, -0.2) is 0 Å². The molecule has 0 spiro atoms. The van der Waals surface area contributed by atoms with Crippen molar-refractivity contribution in [3.05, 3.63) is 58.1 Å². The first-order valence-electron chi connectivity index (χ1n) is 9.65. The first kappa shape index (κ1) is 20.2. The Hall–Kier alpha value is -2.53. The summed E-state index contributed by atoms with van der Waals surface area (Å²) in [7, 11) is 0. The SMILES string of the molecule is CCN(CC)C(=O)COc1ccc(NC(=O)c2ccc3c(c2)CCC3)cc1Cl. The average Bonchev–Trinajstić information content (AvgIpc) is 3.16. The molecule has 0 bridgehead atoms. The van der Waals surface area contributed by atoms with E-state index in [1.165, 1.54) is 11.1 Å². The summed E-state index contributed by atoms with van der Waals surface area (Å²) < 4.78 is 5.54. The van der Waals surface area contributed by atoms with Crippen molar-refractivity contribution in [2.45, 2.75) is 33.1 Å². The topological polar surface area (TPSA) is 58.6 Å². The molecule has 1 aliphatic rings. The molecule has 1 aliphatic carbocycles. The van der Waals surface area contributed by atoms with Gasteiger partial charge in [0.15, 0.2) is 6.61 Å². The molecule has 3 rings (SSSR count). The summed E-state index contributed by atoms with van der Waals surface area (Å²) in [6.45, 7) is 5.06. The van der Waals surface area contributed by atoms with Gasteiger partial charge in [0, 0.05) is 24.3 Å². The van der Waals surface area contributed by atoms with Crippen LogP contribution in [0.15, 0.2) is 36.4 Å². The zero-order valence-electron chi connectivity index (χ0n) is 16.3. The van der Waals surface area contributed by atoms with Crippen LogP contribution in [0.25, 0.3) is 0 Å². The van der Waals surface area contributed by atoms with Crippen molar-refractivity contribution in [2.24, 2.45) is 0 Å². The van der Waals surface area contributed by atoms with E-state index in [1.54, 1.807) is 23.1 Å². The Morgan fingerprint density at radius 2 is 1.82 bits per heavy atom. The van der Waals surface area contributed by atoms with Gasteiger partial charge >= 0.3 is 0 Å². The number of fused-ring (bicyclic) bond motifs is 1. The molecule has 0 saturated carbocycles. The maximum absolute atomic E-state index is 12.5. The van der Waals surface area contributed by atoms with E-state index in [1.807, 2.05) is 32.0 Å². The Kier molecular flexibility index (Phi) is 6.57. The molecule has 2 aromatic carbocycles. The number of anilines is 1. The standard InChI is InChI=1S/C22H25ClN2O3/c1-3-25(4-2)21(26)14-28-20-11-10-18(13-19(20)23)24-22(27)17-9-8-15-6-5-7-16(15)12-17/h8-13H,3-7,14H2,1-2H3,(H,24,27). The van der Waals surface area contributed by atoms with Gasteiger partial charge in [-0.15, -0.1) is 0 Å². The first-order valence-corrected chi connectivity index (χ1v) is 10.0. The number of halogens is 1. The number of rotatable bonds is 7. The number of carbonyl (C=O) groups excluding carboxylic acids is 2. The third-order valence-electron chi connectivity index (χ3n) is 5.02. The molecule has 0 atom stereocenters. The quantitative estimate of drug-likeness (QED) is 0.752. The second-order valence-electron chi connectivity index (χ2n) is 6.79. The normalized spacial score (nSPS) is 12.4. The number of carbonyl (C=O) groups is 2. The predicted octanol–water partition coefficient (Wildman–Crippen LogP) is 4.33. The molecule has 0 aliphatic heterocycles. The van der Waals surface area contributed by atoms with Gasteiger partial charge < -0.3 is 15.0 Å². The third kappa shape index (κ3) is 4.65. The molecule has 0 aromatic heterocycles. The molecule has 148 valence electrons. The molecule has 1 N–H and O–H groups in total. The van der Waals surface area contributed by atoms with Crippen LogP contribution in [0.2, 0.25) is 5.02 Å². The van der Waals surface area contributed by atoms with Gasteiger partial charge in [0.1, 0.15) is 5.75 Å². The summed E-state index contributed by atoms with van der Waals surface area (Å²) in [4.78, 5) is 26.3. The lowest BCUT2D eigenvalue weighted by Gasteiger charge is -2.19. The monoisotopic (exact) mass is 400 g/mol. The summed E-state index contributed by atoms with van der Waals surface area (Å²) >= 11 is 6.27. The Labute approximate surface area is 170 Å². The number of nitrogens with one attached hydrogen (secondary N) is 1. The highest BCUT2D eigenvalue weighted by molar-refractivity contribution is 6.32. The molecule has 0 heterocycles. The number of likely N-dealkylation sites (N-methyl/N-ethyl adjacent to an activating group) is 1. The van der Waals surface area contributed by atoms with Crippen LogP contribution in [0.5, 0.6) is 5.75 Å². The van der Waals surface area contributed by atoms with Crippen LogP contribution in [0.1, 0.15) is 41.8 Å². The number of benzene rings is 2. The maximum atomic E-state index is 12.5. The van der Waals surface area contributed by atoms with E-state index in [0.29, 0.717) is 35.1 Å². The zero-order chi connectivity index (χ0) is 20.1. The van der Waals surface area contributed by atoms with Gasteiger partial charge in [-0.05, 0) is 74.6 Å². The molecule has 0 unspecified atom stereocenters. The molecule has 28 heavy (non-hydrogen) atoms. The van der Waals surface area contributed by atoms with E-state index < -0.39 is 0 Å². The van der Waals surface area contributed by atoms with Gasteiger partial charge in [0.2, 0.25) is 0 Å². The van der Waals surface area contributed by atoms with Gasteiger partial charge in [0.25, 0.3) is 11.8 Å². The largest absolute Gasteiger partial charge is 0.482 e. The van der Waals surface area contributed by atoms with Crippen LogP contribution >= 0.6 is 11.6 Å². The number of hydrogen-bond acceptors (Lipinski definition) is 3. The second-order valence-corrected chi connectivity index (χ2v) is 7.20. The minimum absolute atomic E-state index is 0.0672. The molecule has 2 aromatic rings. The Morgan fingerprint density at radius 1 is 1.07 bits per heavy atom. The van der Waals surface area contributed by atoms with Crippen LogP contribution in [0, 0.1) is 0 Å². The lowest BCUT2D eigenvalue weighted by Crippen LogP contribution is -2.34. The lowest BCUT2D eigenvalue weighted by molar-refractivity contribution is -0.132. The van der Waals surface area contributed by atoms with Crippen molar-refractivity contribution >= 4 is 29.1 Å². The molecule has 6 heteroatoms. The van der Waals surface area contributed by atoms with Crippen LogP contribution in [-0.2, 0) is 17.6 Å². The van der Waals surface area contributed by atoms with Gasteiger partial charge in [-0.3, -0.25) is 9.59 Å². The molecular formula is C22H25ClN2O3. The van der Waals surface area contributed by atoms with E-state index in [4.69, 9.17) is 16.3 Å². The van der Waals surface area contributed by atoms with Crippen molar-refractivity contribution in [2.75, 3.05) is 25.0 Å². The third-order valence-corrected chi connectivity index (χ3v) is 5.31. The van der Waals surface area contributed by atoms with Crippen LogP contribution in [0.4, 0.5) is 5.69 Å². The summed E-state index contributed by atoms with van der Waals surface area (Å²) in [5.74, 6) is 0.156. The number of amides is 2. The minimum atomic E-state index is -0.170. The Balaban J connectivity index is 1.62. The fourth-order valence-electron chi connectivity index (χ4n) is 3.42. The van der Waals surface area contributed by atoms with Crippen molar-refractivity contribution in [1.82, 2.24) is 4.90 Å². The lowest BCUT2D eigenvalue weighted by atomic mass is 10.1. The number of ether oxygens (including phenoxy) is 1. The van der Waals surface area contributed by atoms with E-state index in [0.717, 1.165) is 19.3 Å². The van der Waals surface area contributed by atoms with E-state index in [2.05, 4.69) is 5.32 Å². The molecule has 2 amide bonds. The zero-order valence-corrected chi connectivity index (χ0v) is 17.0. The predicted molar refractivity (Wildman–Crippen MR) is 111 cm³/mol. The highest BCUT2D eigenvalue weighted by atomic mass is 35.5. The Morgan fingerprint density at radius 3 is 2.54 bits per heavy atom. The highest BCUT2D eigenvalue weighted by Crippen LogP contribution is 2.28. The summed E-state index contributed by atoms with van der Waals surface area (Å²) in [6.07, 6.45) is 3.26. The van der Waals surface area contributed by atoms with Crippen molar-refractivity contribution in [3.8, 4) is 5.75 Å². The van der Waals surface area contributed by atoms with Crippen molar-refractivity contribution in [1.29, 1.82) is 0 Å². The fourth-order valence-corrected chi connectivity index (χ4v) is 3.65. The number of nitrogens with zero attached hydrogens (tertiary/aromatic N) is 1. The van der Waals surface area contributed by atoms with Gasteiger partial charge in [0.05, 0.1) is 5.02 Å². The molecule has 0 saturated heterocycles. The molecule has 0 radical (unpaired) electrons. The van der Waals surface area contributed by atoms with E-state index >= 15 is 0 Å². The van der Waals surface area contributed by atoms with Gasteiger partial charge in [-0.2, -0.15) is 0 Å². The van der Waals surface area contributed by atoms with E-state index in [9.17, 15) is 9.59 Å².